The topological polar surface area (TPSA) is 79.3 Å². The summed E-state index contributed by atoms with van der Waals surface area (Å²) in [6.07, 6.45) is -1.09. The van der Waals surface area contributed by atoms with Gasteiger partial charge in [0, 0.05) is 5.56 Å². The molecule has 7 nitrogen and oxygen atoms in total. The van der Waals surface area contributed by atoms with E-state index in [0.29, 0.717) is 11.3 Å². The van der Waals surface area contributed by atoms with Crippen molar-refractivity contribution in [3.05, 3.63) is 84.2 Å². The summed E-state index contributed by atoms with van der Waals surface area (Å²) in [6.45, 7) is 0. The first-order valence-corrected chi connectivity index (χ1v) is 10.0. The second-order valence-electron chi connectivity index (χ2n) is 7.54. The van der Waals surface area contributed by atoms with E-state index in [0.717, 1.165) is 4.90 Å². The fraction of sp³-hybridized carbons (Fsp3) is 0.167. The van der Waals surface area contributed by atoms with Crippen molar-refractivity contribution in [1.82, 2.24) is 0 Å². The van der Waals surface area contributed by atoms with Crippen LogP contribution in [0.25, 0.3) is 0 Å². The van der Waals surface area contributed by atoms with Gasteiger partial charge in [0.2, 0.25) is 5.91 Å². The summed E-state index contributed by atoms with van der Waals surface area (Å²) in [6, 6.07) is 18.3. The van der Waals surface area contributed by atoms with Crippen LogP contribution >= 0.6 is 0 Å². The summed E-state index contributed by atoms with van der Waals surface area (Å²) in [7, 11) is 1.43. The second kappa shape index (κ2) is 7.65. The standard InChI is InChI=1S/C24H19FN2O5/c1-31-18-9-5-8-17(21(18)28)20-19-22(32-27(20)16-6-3-2-4-7-16)24(30)26(23(19)29)15-12-10-14(25)11-13-15/h2-13,19-20,22,28H,1H3/t19-,20+,22-/m1/s1. The van der Waals surface area contributed by atoms with Crippen LogP contribution in [0.1, 0.15) is 11.6 Å². The molecular formula is C24H19FN2O5. The first-order chi connectivity index (χ1) is 15.5. The number of imide groups is 1. The minimum Gasteiger partial charge on any atom is -0.504 e. The van der Waals surface area contributed by atoms with E-state index < -0.39 is 35.7 Å². The van der Waals surface area contributed by atoms with Gasteiger partial charge >= 0.3 is 0 Å². The number of carbonyl (C=O) groups is 2. The quantitative estimate of drug-likeness (QED) is 0.633. The fourth-order valence-electron chi connectivity index (χ4n) is 4.32. The number of halogens is 1. The van der Waals surface area contributed by atoms with Crippen molar-refractivity contribution in [3.8, 4) is 11.5 Å². The number of phenolic OH excluding ortho intramolecular Hbond substituents is 1. The van der Waals surface area contributed by atoms with Crippen LogP contribution in [0.15, 0.2) is 72.8 Å². The molecule has 0 radical (unpaired) electrons. The van der Waals surface area contributed by atoms with Gasteiger partial charge in [-0.05, 0) is 42.5 Å². The third-order valence-corrected chi connectivity index (χ3v) is 5.78. The Hall–Kier alpha value is -3.91. The zero-order valence-corrected chi connectivity index (χ0v) is 17.0. The molecule has 32 heavy (non-hydrogen) atoms. The van der Waals surface area contributed by atoms with Gasteiger partial charge in [-0.2, -0.15) is 0 Å². The fourth-order valence-corrected chi connectivity index (χ4v) is 4.32. The first-order valence-electron chi connectivity index (χ1n) is 10.0. The Balaban J connectivity index is 1.62. The first kappa shape index (κ1) is 20.0. The molecule has 2 fully saturated rings. The van der Waals surface area contributed by atoms with Crippen molar-refractivity contribution in [2.75, 3.05) is 17.1 Å². The zero-order valence-electron chi connectivity index (χ0n) is 17.0. The van der Waals surface area contributed by atoms with Crippen molar-refractivity contribution < 1.29 is 28.7 Å². The summed E-state index contributed by atoms with van der Waals surface area (Å²) in [5.41, 5.74) is 1.28. The average Bonchev–Trinajstić information content (AvgIpc) is 3.31. The molecule has 0 saturated carbocycles. The smallest absolute Gasteiger partial charge is 0.266 e. The van der Waals surface area contributed by atoms with Crippen LogP contribution in [-0.2, 0) is 14.4 Å². The molecular weight excluding hydrogens is 415 g/mol. The highest BCUT2D eigenvalue weighted by molar-refractivity contribution is 6.23. The highest BCUT2D eigenvalue weighted by Gasteiger charge is 2.60. The van der Waals surface area contributed by atoms with Crippen LogP contribution < -0.4 is 14.7 Å². The molecule has 2 aliphatic rings. The van der Waals surface area contributed by atoms with Crippen LogP contribution in [0.4, 0.5) is 15.8 Å². The summed E-state index contributed by atoms with van der Waals surface area (Å²) in [4.78, 5) is 33.8. The summed E-state index contributed by atoms with van der Waals surface area (Å²) < 4.78 is 18.6. The highest BCUT2D eigenvalue weighted by atomic mass is 19.1. The van der Waals surface area contributed by atoms with Gasteiger partial charge in [0.1, 0.15) is 17.8 Å². The van der Waals surface area contributed by atoms with Crippen LogP contribution in [0, 0.1) is 11.7 Å². The third kappa shape index (κ3) is 2.99. The number of anilines is 2. The zero-order chi connectivity index (χ0) is 22.4. The molecule has 5 rings (SSSR count). The van der Waals surface area contributed by atoms with Gasteiger partial charge in [-0.25, -0.2) is 14.4 Å². The Kier molecular flexibility index (Phi) is 4.79. The van der Waals surface area contributed by atoms with Gasteiger partial charge in [0.05, 0.1) is 18.5 Å². The minimum absolute atomic E-state index is 0.134. The molecule has 0 bridgehead atoms. The number of fused-ring (bicyclic) bond motifs is 1. The molecule has 3 aromatic rings. The number of hydrogen-bond acceptors (Lipinski definition) is 6. The lowest BCUT2D eigenvalue weighted by Gasteiger charge is -2.29. The maximum Gasteiger partial charge on any atom is 0.266 e. The second-order valence-corrected chi connectivity index (χ2v) is 7.54. The van der Waals surface area contributed by atoms with Crippen LogP contribution in [-0.4, -0.2) is 30.1 Å². The number of methoxy groups -OCH3 is 1. The molecule has 162 valence electrons. The number of hydrogen-bond donors (Lipinski definition) is 1. The number of phenols is 1. The van der Waals surface area contributed by atoms with Crippen LogP contribution in [0.2, 0.25) is 0 Å². The van der Waals surface area contributed by atoms with Gasteiger partial charge < -0.3 is 9.84 Å². The van der Waals surface area contributed by atoms with Gasteiger partial charge in [-0.3, -0.25) is 14.4 Å². The number of ether oxygens (including phenoxy) is 1. The number of amides is 2. The molecule has 0 aliphatic carbocycles. The van der Waals surface area contributed by atoms with E-state index >= 15 is 0 Å². The Morgan fingerprint density at radius 3 is 2.31 bits per heavy atom. The van der Waals surface area contributed by atoms with E-state index in [1.807, 2.05) is 18.2 Å². The molecule has 2 saturated heterocycles. The maximum atomic E-state index is 13.5. The van der Waals surface area contributed by atoms with Crippen molar-refractivity contribution >= 4 is 23.2 Å². The molecule has 2 heterocycles. The largest absolute Gasteiger partial charge is 0.504 e. The lowest BCUT2D eigenvalue weighted by molar-refractivity contribution is -0.126. The number of aromatic hydroxyl groups is 1. The van der Waals surface area contributed by atoms with Crippen LogP contribution in [0.3, 0.4) is 0 Å². The lowest BCUT2D eigenvalue weighted by atomic mass is 9.90. The molecule has 1 N–H and O–H groups in total. The van der Waals surface area contributed by atoms with E-state index in [1.54, 1.807) is 30.3 Å². The van der Waals surface area contributed by atoms with Crippen molar-refractivity contribution in [2.45, 2.75) is 12.1 Å². The molecule has 3 atom stereocenters. The molecule has 2 aliphatic heterocycles. The number of rotatable bonds is 4. The maximum absolute atomic E-state index is 13.5. The van der Waals surface area contributed by atoms with E-state index in [-0.39, 0.29) is 17.2 Å². The molecule has 2 amide bonds. The SMILES string of the molecule is COc1cccc([C@H]2[C@H]3C(=O)N(c4ccc(F)cc4)C(=O)[C@@H]3ON2c2ccccc2)c1O. The highest BCUT2D eigenvalue weighted by Crippen LogP contribution is 2.50. The van der Waals surface area contributed by atoms with Crippen LogP contribution in [0.5, 0.6) is 11.5 Å². The third-order valence-electron chi connectivity index (χ3n) is 5.78. The monoisotopic (exact) mass is 434 g/mol. The molecule has 0 unspecified atom stereocenters. The Morgan fingerprint density at radius 2 is 1.62 bits per heavy atom. The van der Waals surface area contributed by atoms with Crippen molar-refractivity contribution in [1.29, 1.82) is 0 Å². The normalized spacial score (nSPS) is 22.4. The van der Waals surface area contributed by atoms with Crippen molar-refractivity contribution in [3.63, 3.8) is 0 Å². The minimum atomic E-state index is -1.09. The lowest BCUT2D eigenvalue weighted by Crippen LogP contribution is -2.37. The Morgan fingerprint density at radius 1 is 0.906 bits per heavy atom. The predicted octanol–water partition coefficient (Wildman–Crippen LogP) is 3.59. The number of carbonyl (C=O) groups excluding carboxylic acids is 2. The number of para-hydroxylation sites is 2. The number of nitrogens with zero attached hydrogens (tertiary/aromatic N) is 2. The Labute approximate surface area is 183 Å². The summed E-state index contributed by atoms with van der Waals surface area (Å²) in [5.74, 6) is -2.32. The molecule has 3 aromatic carbocycles. The van der Waals surface area contributed by atoms with Crippen molar-refractivity contribution in [2.24, 2.45) is 5.92 Å². The Bertz CT molecular complexity index is 1180. The van der Waals surface area contributed by atoms with Gasteiger partial charge in [0.15, 0.2) is 17.6 Å². The summed E-state index contributed by atoms with van der Waals surface area (Å²) in [5, 5.41) is 12.3. The van der Waals surface area contributed by atoms with E-state index in [4.69, 9.17) is 9.57 Å². The average molecular weight is 434 g/mol. The van der Waals surface area contributed by atoms with E-state index in [2.05, 4.69) is 0 Å². The molecule has 0 spiro atoms. The molecule has 0 aromatic heterocycles. The van der Waals surface area contributed by atoms with Gasteiger partial charge in [-0.15, -0.1) is 0 Å². The van der Waals surface area contributed by atoms with Gasteiger partial charge in [0.25, 0.3) is 5.91 Å². The number of hydroxylamine groups is 1. The van der Waals surface area contributed by atoms with E-state index in [1.165, 1.54) is 36.4 Å². The predicted molar refractivity (Wildman–Crippen MR) is 114 cm³/mol. The summed E-state index contributed by atoms with van der Waals surface area (Å²) >= 11 is 0. The van der Waals surface area contributed by atoms with Gasteiger partial charge in [-0.1, -0.05) is 30.3 Å². The molecule has 8 heteroatoms. The number of benzene rings is 3. The van der Waals surface area contributed by atoms with E-state index in [9.17, 15) is 19.1 Å².